The zero-order valence-corrected chi connectivity index (χ0v) is 17.0. The first-order valence-corrected chi connectivity index (χ1v) is 9.89. The number of thioether (sulfide) groups is 1. The number of ether oxygens (including phenoxy) is 1. The minimum atomic E-state index is -0.574. The molecule has 0 atom stereocenters. The Bertz CT molecular complexity index is 1040. The molecule has 3 N–H and O–H groups in total. The third-order valence-corrected chi connectivity index (χ3v) is 5.13. The molecule has 0 aliphatic carbocycles. The zero-order chi connectivity index (χ0) is 20.8. The van der Waals surface area contributed by atoms with Gasteiger partial charge in [-0.2, -0.15) is 0 Å². The number of nitrogens with one attached hydrogen (secondary N) is 1. The Morgan fingerprint density at radius 2 is 2.10 bits per heavy atom. The third-order valence-electron chi connectivity index (χ3n) is 3.78. The van der Waals surface area contributed by atoms with E-state index >= 15 is 0 Å². The van der Waals surface area contributed by atoms with Crippen LogP contribution in [-0.4, -0.2) is 38.9 Å². The van der Waals surface area contributed by atoms with Crippen LogP contribution < -0.4 is 15.8 Å². The molecule has 2 aromatic carbocycles. The van der Waals surface area contributed by atoms with Crippen LogP contribution in [0.25, 0.3) is 5.69 Å². The second-order valence-corrected chi connectivity index (χ2v) is 7.39. The summed E-state index contributed by atoms with van der Waals surface area (Å²) in [6, 6.07) is 12.3. The molecular weight excluding hydrogens is 414 g/mol. The first-order valence-electron chi connectivity index (χ1n) is 8.53. The van der Waals surface area contributed by atoms with Gasteiger partial charge < -0.3 is 15.8 Å². The minimum Gasteiger partial charge on any atom is -0.484 e. The van der Waals surface area contributed by atoms with Crippen molar-refractivity contribution < 1.29 is 14.3 Å². The van der Waals surface area contributed by atoms with Gasteiger partial charge in [-0.3, -0.25) is 14.2 Å². The van der Waals surface area contributed by atoms with Crippen molar-refractivity contribution in [3.05, 3.63) is 59.4 Å². The predicted octanol–water partition coefficient (Wildman–Crippen LogP) is 2.82. The largest absolute Gasteiger partial charge is 0.484 e. The van der Waals surface area contributed by atoms with Gasteiger partial charge in [-0.25, -0.2) is 0 Å². The summed E-state index contributed by atoms with van der Waals surface area (Å²) in [5.74, 6) is -0.233. The van der Waals surface area contributed by atoms with Gasteiger partial charge in [0.05, 0.1) is 11.4 Å². The number of hydrogen-bond donors (Lipinski definition) is 2. The quantitative estimate of drug-likeness (QED) is 0.530. The first kappa shape index (κ1) is 20.7. The van der Waals surface area contributed by atoms with Crippen LogP contribution in [0.1, 0.15) is 5.56 Å². The van der Waals surface area contributed by atoms with Gasteiger partial charge >= 0.3 is 0 Å². The number of nitrogens with two attached hydrogens (primary N) is 1. The van der Waals surface area contributed by atoms with E-state index in [1.165, 1.54) is 11.8 Å². The number of carbonyl (C=O) groups excluding carboxylic acids is 2. The Balaban J connectivity index is 1.61. The highest BCUT2D eigenvalue weighted by molar-refractivity contribution is 7.99. The summed E-state index contributed by atoms with van der Waals surface area (Å²) in [7, 11) is 0. The SMILES string of the molecule is Cc1ccc(-n2cnnc2SCC(=O)Nc2cccc(OCC(N)=O)c2)cc1Cl. The number of hydrogen-bond acceptors (Lipinski definition) is 6. The number of primary amides is 1. The first-order chi connectivity index (χ1) is 13.9. The normalized spacial score (nSPS) is 10.6. The monoisotopic (exact) mass is 431 g/mol. The number of anilines is 1. The van der Waals surface area contributed by atoms with Gasteiger partial charge in [-0.05, 0) is 36.8 Å². The van der Waals surface area contributed by atoms with E-state index < -0.39 is 5.91 Å². The maximum Gasteiger partial charge on any atom is 0.255 e. The molecule has 150 valence electrons. The van der Waals surface area contributed by atoms with Gasteiger partial charge in [-0.1, -0.05) is 35.5 Å². The second kappa shape index (κ2) is 9.44. The van der Waals surface area contributed by atoms with Crippen LogP contribution in [0.2, 0.25) is 5.02 Å². The molecule has 10 heteroatoms. The highest BCUT2D eigenvalue weighted by Gasteiger charge is 2.11. The number of aromatic nitrogens is 3. The van der Waals surface area contributed by atoms with Crippen LogP contribution in [0, 0.1) is 6.92 Å². The van der Waals surface area contributed by atoms with E-state index in [4.69, 9.17) is 22.1 Å². The lowest BCUT2D eigenvalue weighted by Gasteiger charge is -2.09. The number of benzene rings is 2. The molecule has 0 saturated heterocycles. The van der Waals surface area contributed by atoms with Crippen LogP contribution in [0.4, 0.5) is 5.69 Å². The van der Waals surface area contributed by atoms with Crippen molar-refractivity contribution >= 4 is 40.9 Å². The predicted molar refractivity (Wildman–Crippen MR) is 112 cm³/mol. The molecular formula is C19H18ClN5O3S. The van der Waals surface area contributed by atoms with Gasteiger partial charge in [0.25, 0.3) is 5.91 Å². The molecule has 2 amide bonds. The van der Waals surface area contributed by atoms with Gasteiger partial charge in [-0.15, -0.1) is 10.2 Å². The molecule has 8 nitrogen and oxygen atoms in total. The van der Waals surface area contributed by atoms with E-state index in [1.54, 1.807) is 35.2 Å². The van der Waals surface area contributed by atoms with E-state index in [1.807, 2.05) is 25.1 Å². The Morgan fingerprint density at radius 3 is 2.86 bits per heavy atom. The van der Waals surface area contributed by atoms with Crippen molar-refractivity contribution in [3.8, 4) is 11.4 Å². The Kier molecular flexibility index (Phi) is 6.73. The summed E-state index contributed by atoms with van der Waals surface area (Å²) >= 11 is 7.44. The van der Waals surface area contributed by atoms with E-state index in [0.717, 1.165) is 11.3 Å². The molecule has 1 aromatic heterocycles. The molecule has 3 aromatic rings. The maximum atomic E-state index is 12.3. The fraction of sp³-hybridized carbons (Fsp3) is 0.158. The molecule has 0 bridgehead atoms. The fourth-order valence-corrected chi connectivity index (χ4v) is 3.28. The Morgan fingerprint density at radius 1 is 1.28 bits per heavy atom. The van der Waals surface area contributed by atoms with Crippen molar-refractivity contribution in [1.82, 2.24) is 14.8 Å². The van der Waals surface area contributed by atoms with Gasteiger partial charge in [0, 0.05) is 16.8 Å². The van der Waals surface area contributed by atoms with Crippen LogP contribution in [0.5, 0.6) is 5.75 Å². The van der Waals surface area contributed by atoms with Crippen LogP contribution in [-0.2, 0) is 9.59 Å². The molecule has 0 aliphatic heterocycles. The van der Waals surface area contributed by atoms with Crippen LogP contribution >= 0.6 is 23.4 Å². The summed E-state index contributed by atoms with van der Waals surface area (Å²) in [4.78, 5) is 23.1. The maximum absolute atomic E-state index is 12.3. The highest BCUT2D eigenvalue weighted by Crippen LogP contribution is 2.24. The topological polar surface area (TPSA) is 112 Å². The molecule has 0 aliphatic rings. The highest BCUT2D eigenvalue weighted by atomic mass is 35.5. The molecule has 1 heterocycles. The van der Waals surface area contributed by atoms with E-state index in [-0.39, 0.29) is 18.3 Å². The van der Waals surface area contributed by atoms with Crippen molar-refractivity contribution in [2.75, 3.05) is 17.7 Å². The van der Waals surface area contributed by atoms with Gasteiger partial charge in [0.1, 0.15) is 12.1 Å². The average Bonchev–Trinajstić information content (AvgIpc) is 3.16. The van der Waals surface area contributed by atoms with E-state index in [0.29, 0.717) is 21.6 Å². The average molecular weight is 432 g/mol. The fourth-order valence-electron chi connectivity index (χ4n) is 2.38. The zero-order valence-electron chi connectivity index (χ0n) is 15.5. The molecule has 0 radical (unpaired) electrons. The van der Waals surface area contributed by atoms with Crippen molar-refractivity contribution in [3.63, 3.8) is 0 Å². The summed E-state index contributed by atoms with van der Waals surface area (Å²) < 4.78 is 6.99. The second-order valence-electron chi connectivity index (χ2n) is 6.04. The van der Waals surface area contributed by atoms with Crippen LogP contribution in [0.15, 0.2) is 53.9 Å². The van der Waals surface area contributed by atoms with Crippen molar-refractivity contribution in [2.24, 2.45) is 5.73 Å². The lowest BCUT2D eigenvalue weighted by atomic mass is 10.2. The number of rotatable bonds is 8. The lowest BCUT2D eigenvalue weighted by molar-refractivity contribution is -0.120. The van der Waals surface area contributed by atoms with Gasteiger partial charge in [0.15, 0.2) is 11.8 Å². The lowest BCUT2D eigenvalue weighted by Crippen LogP contribution is -2.20. The molecule has 0 fully saturated rings. The molecule has 0 saturated carbocycles. The number of nitrogens with zero attached hydrogens (tertiary/aromatic N) is 3. The van der Waals surface area contributed by atoms with E-state index in [2.05, 4.69) is 15.5 Å². The third kappa shape index (κ3) is 5.72. The molecule has 0 unspecified atom stereocenters. The Labute approximate surface area is 176 Å². The number of amides is 2. The number of halogens is 1. The van der Waals surface area contributed by atoms with Gasteiger partial charge in [0.2, 0.25) is 5.91 Å². The standard InChI is InChI=1S/C19H18ClN5O3S/c1-12-5-6-14(8-16(12)20)25-11-22-24-19(25)29-10-18(27)23-13-3-2-4-15(7-13)28-9-17(21)26/h2-8,11H,9-10H2,1H3,(H2,21,26)(H,23,27). The smallest absolute Gasteiger partial charge is 0.255 e. The Hall–Kier alpha value is -3.04. The summed E-state index contributed by atoms with van der Waals surface area (Å²) in [5, 5.41) is 12.0. The summed E-state index contributed by atoms with van der Waals surface area (Å²) in [6.07, 6.45) is 1.57. The van der Waals surface area contributed by atoms with Crippen LogP contribution in [0.3, 0.4) is 0 Å². The number of carbonyl (C=O) groups is 2. The van der Waals surface area contributed by atoms with Crippen molar-refractivity contribution in [2.45, 2.75) is 12.1 Å². The minimum absolute atomic E-state index is 0.130. The molecule has 0 spiro atoms. The number of aryl methyl sites for hydroxylation is 1. The van der Waals surface area contributed by atoms with Crippen molar-refractivity contribution in [1.29, 1.82) is 0 Å². The summed E-state index contributed by atoms with van der Waals surface area (Å²) in [5.41, 5.74) is 7.39. The molecule has 29 heavy (non-hydrogen) atoms. The van der Waals surface area contributed by atoms with E-state index in [9.17, 15) is 9.59 Å². The summed E-state index contributed by atoms with van der Waals surface area (Å²) in [6.45, 7) is 1.69. The molecule has 3 rings (SSSR count).